The Morgan fingerprint density at radius 2 is 1.84 bits per heavy atom. The van der Waals surface area contributed by atoms with Crippen LogP contribution in [0, 0.1) is 0 Å². The highest BCUT2D eigenvalue weighted by Crippen LogP contribution is 2.23. The number of fused-ring (bicyclic) bond motifs is 1. The fourth-order valence-corrected chi connectivity index (χ4v) is 3.60. The molecule has 31 heavy (non-hydrogen) atoms. The van der Waals surface area contributed by atoms with Gasteiger partial charge in [0.2, 0.25) is 0 Å². The van der Waals surface area contributed by atoms with Crippen LogP contribution in [0.4, 0.5) is 0 Å². The molecule has 4 aromatic rings. The van der Waals surface area contributed by atoms with E-state index in [0.29, 0.717) is 36.2 Å². The Kier molecular flexibility index (Phi) is 6.79. The molecule has 0 saturated heterocycles. The van der Waals surface area contributed by atoms with Gasteiger partial charge in [0.1, 0.15) is 23.9 Å². The number of nitrogens with one attached hydrogen (secondary N) is 1. The number of carbonyl (C=O) groups excluding carboxylic acids is 1. The Morgan fingerprint density at radius 3 is 2.68 bits per heavy atom. The molecule has 6 nitrogen and oxygen atoms in total. The monoisotopic (exact) mass is 434 g/mol. The van der Waals surface area contributed by atoms with Gasteiger partial charge in [-0.3, -0.25) is 9.78 Å². The van der Waals surface area contributed by atoms with Gasteiger partial charge >= 0.3 is 0 Å². The van der Waals surface area contributed by atoms with E-state index in [4.69, 9.17) is 21.3 Å². The second-order valence-electron chi connectivity index (χ2n) is 7.02. The van der Waals surface area contributed by atoms with Crippen LogP contribution in [0.25, 0.3) is 11.0 Å². The van der Waals surface area contributed by atoms with Crippen molar-refractivity contribution in [2.45, 2.75) is 19.4 Å². The van der Waals surface area contributed by atoms with E-state index >= 15 is 0 Å². The van der Waals surface area contributed by atoms with Crippen LogP contribution in [0.5, 0.6) is 5.75 Å². The minimum Gasteiger partial charge on any atom is -0.490 e. The molecule has 2 aromatic heterocycles. The molecule has 7 heteroatoms. The smallest absolute Gasteiger partial charge is 0.269 e. The molecular formula is C24H23ClN4O2. The molecule has 0 atom stereocenters. The Labute approximate surface area is 185 Å². The topological polar surface area (TPSA) is 69.0 Å². The number of halogens is 1. The Morgan fingerprint density at radius 1 is 1.03 bits per heavy atom. The van der Waals surface area contributed by atoms with Crippen LogP contribution < -0.4 is 10.1 Å². The van der Waals surface area contributed by atoms with Gasteiger partial charge in [-0.15, -0.1) is 0 Å². The second-order valence-corrected chi connectivity index (χ2v) is 7.43. The summed E-state index contributed by atoms with van der Waals surface area (Å²) < 4.78 is 8.05. The third-order valence-electron chi connectivity index (χ3n) is 4.90. The summed E-state index contributed by atoms with van der Waals surface area (Å²) in [5, 5.41) is 3.51. The van der Waals surface area contributed by atoms with Crippen molar-refractivity contribution in [2.75, 3.05) is 13.2 Å². The number of nitrogens with zero attached hydrogens (tertiary/aromatic N) is 3. The van der Waals surface area contributed by atoms with Gasteiger partial charge < -0.3 is 14.6 Å². The second kappa shape index (κ2) is 10.1. The van der Waals surface area contributed by atoms with Gasteiger partial charge in [0.15, 0.2) is 0 Å². The average molecular weight is 435 g/mol. The summed E-state index contributed by atoms with van der Waals surface area (Å²) in [5.74, 6) is 1.48. The highest BCUT2D eigenvalue weighted by atomic mass is 35.5. The minimum absolute atomic E-state index is 0.165. The fourth-order valence-electron chi connectivity index (χ4n) is 3.41. The van der Waals surface area contributed by atoms with Crippen LogP contribution in [0.1, 0.15) is 22.7 Å². The fraction of sp³-hybridized carbons (Fsp3) is 0.208. The SMILES string of the molecule is O=C(NCCCc1nc2ccccc2n1CCOc1ccccc1Cl)c1ccccn1. The third kappa shape index (κ3) is 5.22. The number of para-hydroxylation sites is 3. The zero-order valence-corrected chi connectivity index (χ0v) is 17.8. The van der Waals surface area contributed by atoms with Crippen LogP contribution in [0.15, 0.2) is 72.9 Å². The van der Waals surface area contributed by atoms with Gasteiger partial charge in [0, 0.05) is 19.2 Å². The summed E-state index contributed by atoms with van der Waals surface area (Å²) in [5.41, 5.74) is 2.44. The van der Waals surface area contributed by atoms with Crippen LogP contribution in [-0.4, -0.2) is 33.6 Å². The summed E-state index contributed by atoms with van der Waals surface area (Å²) in [6.07, 6.45) is 3.12. The van der Waals surface area contributed by atoms with Crippen LogP contribution in [-0.2, 0) is 13.0 Å². The van der Waals surface area contributed by atoms with Crippen molar-refractivity contribution in [3.63, 3.8) is 0 Å². The number of hydrogen-bond donors (Lipinski definition) is 1. The Balaban J connectivity index is 1.38. The van der Waals surface area contributed by atoms with E-state index < -0.39 is 0 Å². The number of aryl methyl sites for hydroxylation is 1. The van der Waals surface area contributed by atoms with Crippen molar-refractivity contribution in [1.82, 2.24) is 19.9 Å². The zero-order valence-electron chi connectivity index (χ0n) is 17.0. The van der Waals surface area contributed by atoms with Crippen molar-refractivity contribution < 1.29 is 9.53 Å². The lowest BCUT2D eigenvalue weighted by Crippen LogP contribution is -2.25. The van der Waals surface area contributed by atoms with Crippen molar-refractivity contribution in [2.24, 2.45) is 0 Å². The summed E-state index contributed by atoms with van der Waals surface area (Å²) in [7, 11) is 0. The molecule has 0 bridgehead atoms. The summed E-state index contributed by atoms with van der Waals surface area (Å²) in [6, 6.07) is 20.8. The van der Waals surface area contributed by atoms with Gasteiger partial charge in [-0.05, 0) is 42.8 Å². The van der Waals surface area contributed by atoms with Crippen molar-refractivity contribution in [3.8, 4) is 5.75 Å². The summed E-state index contributed by atoms with van der Waals surface area (Å²) >= 11 is 6.18. The molecule has 2 heterocycles. The third-order valence-corrected chi connectivity index (χ3v) is 5.22. The maximum atomic E-state index is 12.1. The van der Waals surface area contributed by atoms with Gasteiger partial charge in [0.25, 0.3) is 5.91 Å². The molecule has 2 aromatic carbocycles. The number of imidazole rings is 1. The van der Waals surface area contributed by atoms with E-state index in [-0.39, 0.29) is 5.91 Å². The van der Waals surface area contributed by atoms with Gasteiger partial charge in [-0.1, -0.05) is 41.9 Å². The van der Waals surface area contributed by atoms with Crippen molar-refractivity contribution in [3.05, 3.63) is 89.5 Å². The minimum atomic E-state index is -0.165. The summed E-state index contributed by atoms with van der Waals surface area (Å²) in [4.78, 5) is 21.0. The van der Waals surface area contributed by atoms with Gasteiger partial charge in [0.05, 0.1) is 22.6 Å². The first-order valence-electron chi connectivity index (χ1n) is 10.2. The number of pyridine rings is 1. The average Bonchev–Trinajstić information content (AvgIpc) is 3.16. The molecule has 1 amide bonds. The molecule has 1 N–H and O–H groups in total. The molecule has 0 unspecified atom stereocenters. The van der Waals surface area contributed by atoms with E-state index in [0.717, 1.165) is 29.7 Å². The number of rotatable bonds is 9. The van der Waals surface area contributed by atoms with Crippen LogP contribution in [0.3, 0.4) is 0 Å². The summed E-state index contributed by atoms with van der Waals surface area (Å²) in [6.45, 7) is 1.68. The van der Waals surface area contributed by atoms with E-state index in [1.54, 1.807) is 24.4 Å². The van der Waals surface area contributed by atoms with E-state index in [9.17, 15) is 4.79 Å². The van der Waals surface area contributed by atoms with Crippen LogP contribution >= 0.6 is 11.6 Å². The molecule has 0 radical (unpaired) electrons. The van der Waals surface area contributed by atoms with E-state index in [1.165, 1.54) is 0 Å². The Bertz CT molecular complexity index is 1160. The standard InChI is InChI=1S/C24H23ClN4O2/c25-18-8-1-4-12-22(18)31-17-16-29-21-11-3-2-9-19(21)28-23(29)13-7-15-27-24(30)20-10-5-6-14-26-20/h1-6,8-12,14H,7,13,15-17H2,(H,27,30). The Hall–Kier alpha value is -3.38. The number of ether oxygens (including phenoxy) is 1. The molecule has 4 rings (SSSR count). The lowest BCUT2D eigenvalue weighted by Gasteiger charge is -2.12. The predicted molar refractivity (Wildman–Crippen MR) is 122 cm³/mol. The quantitative estimate of drug-likeness (QED) is 0.393. The normalized spacial score (nSPS) is 10.9. The largest absolute Gasteiger partial charge is 0.490 e. The lowest BCUT2D eigenvalue weighted by atomic mass is 10.2. The molecular weight excluding hydrogens is 412 g/mol. The van der Waals surface area contributed by atoms with Gasteiger partial charge in [-0.2, -0.15) is 0 Å². The first-order valence-corrected chi connectivity index (χ1v) is 10.6. The number of benzene rings is 2. The van der Waals surface area contributed by atoms with Gasteiger partial charge in [-0.25, -0.2) is 4.98 Å². The molecule has 0 aliphatic rings. The van der Waals surface area contributed by atoms with Crippen molar-refractivity contribution >= 4 is 28.5 Å². The predicted octanol–water partition coefficient (Wildman–Crippen LogP) is 4.53. The first kappa shape index (κ1) is 20.9. The zero-order chi connectivity index (χ0) is 21.5. The molecule has 0 aliphatic heterocycles. The molecule has 0 spiro atoms. The molecule has 0 saturated carbocycles. The highest BCUT2D eigenvalue weighted by molar-refractivity contribution is 6.32. The maximum absolute atomic E-state index is 12.1. The van der Waals surface area contributed by atoms with E-state index in [2.05, 4.69) is 20.9 Å². The molecule has 0 fully saturated rings. The lowest BCUT2D eigenvalue weighted by molar-refractivity contribution is 0.0948. The number of aromatic nitrogens is 3. The van der Waals surface area contributed by atoms with Crippen molar-refractivity contribution in [1.29, 1.82) is 0 Å². The van der Waals surface area contributed by atoms with E-state index in [1.807, 2.05) is 42.5 Å². The highest BCUT2D eigenvalue weighted by Gasteiger charge is 2.11. The number of carbonyl (C=O) groups is 1. The molecule has 158 valence electrons. The molecule has 0 aliphatic carbocycles. The first-order chi connectivity index (χ1) is 15.2. The van der Waals surface area contributed by atoms with Crippen LogP contribution in [0.2, 0.25) is 5.02 Å². The number of amides is 1. The number of hydrogen-bond acceptors (Lipinski definition) is 4. The maximum Gasteiger partial charge on any atom is 0.269 e.